The van der Waals surface area contributed by atoms with Crippen molar-refractivity contribution in [1.29, 1.82) is 0 Å². The molecule has 1 heterocycles. The summed E-state index contributed by atoms with van der Waals surface area (Å²) in [6.45, 7) is 0. The molecule has 0 radical (unpaired) electrons. The van der Waals surface area contributed by atoms with E-state index in [0.29, 0.717) is 0 Å². The largest absolute Gasteiger partial charge is 0.256 e. The average molecular weight is 257 g/mol. The maximum Gasteiger partial charge on any atom is 0.0704 e. The molecular formula is C19H15N. The Hall–Kier alpha value is -2.41. The molecule has 0 N–H and O–H groups in total. The minimum atomic E-state index is 0.962. The Morgan fingerprint density at radius 1 is 1.00 bits per heavy atom. The molecule has 0 spiro atoms. The molecule has 0 amide bonds. The van der Waals surface area contributed by atoms with E-state index >= 15 is 0 Å². The lowest BCUT2D eigenvalue weighted by molar-refractivity contribution is 1.18. The number of rotatable bonds is 2. The summed E-state index contributed by atoms with van der Waals surface area (Å²) in [6.07, 6.45) is 8.41. The van der Waals surface area contributed by atoms with Crippen molar-refractivity contribution >= 4 is 17.0 Å². The van der Waals surface area contributed by atoms with Crippen LogP contribution in [0.5, 0.6) is 0 Å². The molecule has 0 unspecified atom stereocenters. The molecule has 1 aliphatic carbocycles. The molecule has 1 aliphatic rings. The van der Waals surface area contributed by atoms with Crippen molar-refractivity contribution in [3.05, 3.63) is 83.1 Å². The second kappa shape index (κ2) is 4.61. The second-order valence-corrected chi connectivity index (χ2v) is 5.30. The van der Waals surface area contributed by atoms with Crippen molar-refractivity contribution < 1.29 is 0 Å². The first-order valence-corrected chi connectivity index (χ1v) is 7.01. The lowest BCUT2D eigenvalue weighted by Crippen LogP contribution is -1.93. The van der Waals surface area contributed by atoms with Crippen LogP contribution in [0.15, 0.2) is 60.8 Å². The van der Waals surface area contributed by atoms with Crippen LogP contribution in [0.3, 0.4) is 0 Å². The van der Waals surface area contributed by atoms with Crippen LogP contribution in [-0.4, -0.2) is 4.98 Å². The van der Waals surface area contributed by atoms with Gasteiger partial charge in [-0.3, -0.25) is 4.98 Å². The predicted molar refractivity (Wildman–Crippen MR) is 83.7 cm³/mol. The Morgan fingerprint density at radius 2 is 1.95 bits per heavy atom. The van der Waals surface area contributed by atoms with Crippen LogP contribution in [0.1, 0.15) is 22.3 Å². The van der Waals surface area contributed by atoms with Crippen LogP contribution in [0.2, 0.25) is 0 Å². The summed E-state index contributed by atoms with van der Waals surface area (Å²) in [5.74, 6) is 0. The molecule has 20 heavy (non-hydrogen) atoms. The first kappa shape index (κ1) is 11.4. The van der Waals surface area contributed by atoms with E-state index < -0.39 is 0 Å². The maximum absolute atomic E-state index is 4.43. The third-order valence-corrected chi connectivity index (χ3v) is 3.98. The van der Waals surface area contributed by atoms with Crippen molar-refractivity contribution in [3.63, 3.8) is 0 Å². The van der Waals surface area contributed by atoms with Gasteiger partial charge < -0.3 is 0 Å². The highest BCUT2D eigenvalue weighted by molar-refractivity contribution is 5.82. The van der Waals surface area contributed by atoms with Gasteiger partial charge in [-0.25, -0.2) is 0 Å². The number of allylic oxidation sites excluding steroid dienone is 1. The van der Waals surface area contributed by atoms with E-state index in [1.54, 1.807) is 0 Å². The monoisotopic (exact) mass is 257 g/mol. The van der Waals surface area contributed by atoms with Gasteiger partial charge in [0.15, 0.2) is 0 Å². The van der Waals surface area contributed by atoms with Gasteiger partial charge in [0.25, 0.3) is 0 Å². The first-order valence-electron chi connectivity index (χ1n) is 7.01. The highest BCUT2D eigenvalue weighted by Crippen LogP contribution is 2.24. The van der Waals surface area contributed by atoms with Gasteiger partial charge in [-0.15, -0.1) is 0 Å². The Balaban J connectivity index is 1.76. The van der Waals surface area contributed by atoms with Gasteiger partial charge in [-0.2, -0.15) is 0 Å². The van der Waals surface area contributed by atoms with Crippen molar-refractivity contribution in [2.45, 2.75) is 12.8 Å². The predicted octanol–water partition coefficient (Wildman–Crippen LogP) is 4.39. The van der Waals surface area contributed by atoms with E-state index in [4.69, 9.17) is 0 Å². The fourth-order valence-corrected chi connectivity index (χ4v) is 2.94. The van der Waals surface area contributed by atoms with E-state index in [0.717, 1.165) is 18.4 Å². The van der Waals surface area contributed by atoms with Crippen molar-refractivity contribution in [3.8, 4) is 0 Å². The van der Waals surface area contributed by atoms with Crippen molar-refractivity contribution in [2.75, 3.05) is 0 Å². The second-order valence-electron chi connectivity index (χ2n) is 5.30. The molecule has 0 saturated heterocycles. The Labute approximate surface area is 118 Å². The van der Waals surface area contributed by atoms with Gasteiger partial charge in [0.05, 0.1) is 5.52 Å². The molecule has 1 aromatic heterocycles. The third kappa shape index (κ3) is 1.92. The number of hydrogen-bond acceptors (Lipinski definition) is 1. The summed E-state index contributed by atoms with van der Waals surface area (Å²) in [4.78, 5) is 4.43. The molecule has 2 aromatic carbocycles. The van der Waals surface area contributed by atoms with Gasteiger partial charge in [0, 0.05) is 11.6 Å². The highest BCUT2D eigenvalue weighted by atomic mass is 14.6. The SMILES string of the molecule is C1=Cc2cc(Cc3ccnc4ccccc34)ccc2C1. The Morgan fingerprint density at radius 3 is 2.95 bits per heavy atom. The fraction of sp³-hybridized carbons (Fsp3) is 0.105. The minimum Gasteiger partial charge on any atom is -0.256 e. The zero-order chi connectivity index (χ0) is 13.4. The highest BCUT2D eigenvalue weighted by Gasteiger charge is 2.07. The number of fused-ring (bicyclic) bond motifs is 2. The minimum absolute atomic E-state index is 0.962. The molecule has 0 saturated carbocycles. The van der Waals surface area contributed by atoms with Crippen LogP contribution < -0.4 is 0 Å². The van der Waals surface area contributed by atoms with E-state index in [1.165, 1.54) is 27.6 Å². The first-order chi connectivity index (χ1) is 9.90. The third-order valence-electron chi connectivity index (χ3n) is 3.98. The Kier molecular flexibility index (Phi) is 2.63. The van der Waals surface area contributed by atoms with E-state index in [-0.39, 0.29) is 0 Å². The van der Waals surface area contributed by atoms with Crippen molar-refractivity contribution in [1.82, 2.24) is 4.98 Å². The molecule has 0 aliphatic heterocycles. The number of benzene rings is 2. The topological polar surface area (TPSA) is 12.9 Å². The fourth-order valence-electron chi connectivity index (χ4n) is 2.94. The normalized spacial score (nSPS) is 12.8. The van der Waals surface area contributed by atoms with E-state index in [2.05, 4.69) is 59.6 Å². The summed E-state index contributed by atoms with van der Waals surface area (Å²) in [5.41, 5.74) is 6.60. The summed E-state index contributed by atoms with van der Waals surface area (Å²) >= 11 is 0. The maximum atomic E-state index is 4.43. The lowest BCUT2D eigenvalue weighted by atomic mass is 9.98. The molecule has 96 valence electrons. The van der Waals surface area contributed by atoms with Gasteiger partial charge in [-0.1, -0.05) is 48.6 Å². The van der Waals surface area contributed by atoms with Crippen LogP contribution in [-0.2, 0) is 12.8 Å². The summed E-state index contributed by atoms with van der Waals surface area (Å²) < 4.78 is 0. The lowest BCUT2D eigenvalue weighted by Gasteiger charge is -2.08. The molecule has 0 bridgehead atoms. The van der Waals surface area contributed by atoms with Crippen LogP contribution in [0.4, 0.5) is 0 Å². The van der Waals surface area contributed by atoms with Crippen molar-refractivity contribution in [2.24, 2.45) is 0 Å². The van der Waals surface area contributed by atoms with Crippen LogP contribution in [0, 0.1) is 0 Å². The smallest absolute Gasteiger partial charge is 0.0704 e. The molecule has 1 nitrogen and oxygen atoms in total. The molecule has 3 aromatic rings. The van der Waals surface area contributed by atoms with E-state index in [1.807, 2.05) is 12.3 Å². The standard InChI is InChI=1S/C19H15N/c1-2-7-19-18(6-1)17(10-11-20-19)13-14-8-9-15-4-3-5-16(15)12-14/h1-3,5-12H,4,13H2. The molecular weight excluding hydrogens is 242 g/mol. The number of nitrogens with zero attached hydrogens (tertiary/aromatic N) is 1. The van der Waals surface area contributed by atoms with Crippen LogP contribution in [0.25, 0.3) is 17.0 Å². The van der Waals surface area contributed by atoms with Crippen LogP contribution >= 0.6 is 0 Å². The molecule has 1 heteroatoms. The Bertz CT molecular complexity index is 810. The number of aromatic nitrogens is 1. The number of pyridine rings is 1. The summed E-state index contributed by atoms with van der Waals surface area (Å²) in [6, 6.07) is 17.3. The van der Waals surface area contributed by atoms with Gasteiger partial charge in [0.1, 0.15) is 0 Å². The summed E-state index contributed by atoms with van der Waals surface area (Å²) in [7, 11) is 0. The summed E-state index contributed by atoms with van der Waals surface area (Å²) in [5, 5.41) is 1.26. The zero-order valence-electron chi connectivity index (χ0n) is 11.2. The zero-order valence-corrected chi connectivity index (χ0v) is 11.2. The quantitative estimate of drug-likeness (QED) is 0.663. The van der Waals surface area contributed by atoms with E-state index in [9.17, 15) is 0 Å². The molecule has 4 rings (SSSR count). The molecule has 0 atom stereocenters. The van der Waals surface area contributed by atoms with Gasteiger partial charge >= 0.3 is 0 Å². The average Bonchev–Trinajstić information content (AvgIpc) is 2.95. The number of hydrogen-bond donors (Lipinski definition) is 0. The molecule has 0 fully saturated rings. The van der Waals surface area contributed by atoms with Gasteiger partial charge in [-0.05, 0) is 47.2 Å². The van der Waals surface area contributed by atoms with Gasteiger partial charge in [0.2, 0.25) is 0 Å². The number of para-hydroxylation sites is 1.